The highest BCUT2D eigenvalue weighted by molar-refractivity contribution is 6.31. The Bertz CT molecular complexity index is 1920. The average molecular weight is 684 g/mol. The molecule has 3 aromatic carbocycles. The summed E-state index contributed by atoms with van der Waals surface area (Å²) < 4.78 is 16.6. The van der Waals surface area contributed by atoms with Crippen molar-refractivity contribution in [3.63, 3.8) is 0 Å². The lowest BCUT2D eigenvalue weighted by atomic mass is 9.80. The van der Waals surface area contributed by atoms with Crippen molar-refractivity contribution in [3.8, 4) is 0 Å². The topological polar surface area (TPSA) is 149 Å². The minimum atomic E-state index is -1.05. The summed E-state index contributed by atoms with van der Waals surface area (Å²) in [7, 11) is 1.22. The summed E-state index contributed by atoms with van der Waals surface area (Å²) in [5.41, 5.74) is 2.28. The van der Waals surface area contributed by atoms with Gasteiger partial charge >= 0.3 is 11.9 Å². The van der Waals surface area contributed by atoms with Gasteiger partial charge in [-0.1, -0.05) is 54.1 Å². The number of hydrogen-bond acceptors (Lipinski definition) is 10. The van der Waals surface area contributed by atoms with Crippen LogP contribution in [0.1, 0.15) is 59.8 Å². The van der Waals surface area contributed by atoms with Crippen molar-refractivity contribution < 1.29 is 43.0 Å². The van der Waals surface area contributed by atoms with Gasteiger partial charge in [0.05, 0.1) is 78.4 Å². The number of carbonyl (C=O) groups excluding carboxylic acids is 6. The van der Waals surface area contributed by atoms with Crippen LogP contribution in [0, 0.1) is 0 Å². The van der Waals surface area contributed by atoms with Crippen molar-refractivity contribution >= 4 is 47.2 Å². The van der Waals surface area contributed by atoms with Crippen LogP contribution < -0.4 is 5.32 Å². The maximum absolute atomic E-state index is 14.0. The number of nitrogens with one attached hydrogen (secondary N) is 1. The van der Waals surface area contributed by atoms with E-state index in [1.165, 1.54) is 7.11 Å². The Balaban J connectivity index is 1.25. The second kappa shape index (κ2) is 13.9. The maximum atomic E-state index is 14.0. The minimum Gasteiger partial charge on any atom is -0.466 e. The van der Waals surface area contributed by atoms with Gasteiger partial charge in [0.2, 0.25) is 0 Å². The largest absolute Gasteiger partial charge is 0.466 e. The molecule has 0 saturated heterocycles. The molecule has 0 aromatic heterocycles. The van der Waals surface area contributed by atoms with Crippen LogP contribution in [0.5, 0.6) is 0 Å². The molecule has 6 rings (SSSR count). The number of methoxy groups -OCH3 is 1. The van der Waals surface area contributed by atoms with E-state index in [1.807, 2.05) is 0 Å². The van der Waals surface area contributed by atoms with E-state index in [1.54, 1.807) is 79.7 Å². The van der Waals surface area contributed by atoms with Gasteiger partial charge < -0.3 is 19.5 Å². The van der Waals surface area contributed by atoms with E-state index in [9.17, 15) is 28.8 Å². The Hall–Kier alpha value is -5.59. The van der Waals surface area contributed by atoms with Gasteiger partial charge in [-0.05, 0) is 42.8 Å². The zero-order chi connectivity index (χ0) is 34.8. The SMILES string of the molecule is COC(=O)C1=C(C)NC(COCCN2C(=O)c3ccccc3C2=O)=C(C(=O)OCCN2C(=O)c3ccccc3C2=O)C1c1ccccc1Cl. The number of ether oxygens (including phenoxy) is 3. The first kappa shape index (κ1) is 33.3. The van der Waals surface area contributed by atoms with E-state index in [2.05, 4.69) is 5.32 Å². The summed E-state index contributed by atoms with van der Waals surface area (Å²) in [4.78, 5) is 80.6. The molecular weight excluding hydrogens is 654 g/mol. The van der Waals surface area contributed by atoms with E-state index in [4.69, 9.17) is 25.8 Å². The van der Waals surface area contributed by atoms with E-state index in [0.717, 1.165) is 9.80 Å². The lowest BCUT2D eigenvalue weighted by Gasteiger charge is -2.32. The highest BCUT2D eigenvalue weighted by Gasteiger charge is 2.41. The van der Waals surface area contributed by atoms with Crippen LogP contribution in [0.3, 0.4) is 0 Å². The number of carbonyl (C=O) groups is 6. The van der Waals surface area contributed by atoms with E-state index in [0.29, 0.717) is 22.4 Å². The molecule has 0 fully saturated rings. The van der Waals surface area contributed by atoms with E-state index in [-0.39, 0.29) is 65.9 Å². The number of esters is 2. The van der Waals surface area contributed by atoms with Crippen molar-refractivity contribution in [2.75, 3.05) is 40.0 Å². The van der Waals surface area contributed by atoms with E-state index >= 15 is 0 Å². The highest BCUT2D eigenvalue weighted by atomic mass is 35.5. The minimum absolute atomic E-state index is 0.0119. The lowest BCUT2D eigenvalue weighted by Crippen LogP contribution is -2.37. The number of hydrogen-bond donors (Lipinski definition) is 1. The lowest BCUT2D eigenvalue weighted by molar-refractivity contribution is -0.139. The third-order valence-electron chi connectivity index (χ3n) is 8.50. The zero-order valence-corrected chi connectivity index (χ0v) is 27.2. The summed E-state index contributed by atoms with van der Waals surface area (Å²) in [5, 5.41) is 3.34. The Morgan fingerprint density at radius 1 is 0.714 bits per heavy atom. The predicted molar refractivity (Wildman–Crippen MR) is 174 cm³/mol. The van der Waals surface area contributed by atoms with Gasteiger partial charge in [-0.3, -0.25) is 29.0 Å². The van der Waals surface area contributed by atoms with Gasteiger partial charge in [0.1, 0.15) is 6.61 Å². The number of halogens is 1. The number of imide groups is 2. The van der Waals surface area contributed by atoms with Gasteiger partial charge in [-0.25, -0.2) is 9.59 Å². The molecule has 3 aliphatic heterocycles. The molecule has 0 saturated carbocycles. The van der Waals surface area contributed by atoms with Crippen molar-refractivity contribution in [3.05, 3.63) is 128 Å². The average Bonchev–Trinajstić information content (AvgIpc) is 3.50. The van der Waals surface area contributed by atoms with Gasteiger partial charge in [0.15, 0.2) is 0 Å². The van der Waals surface area contributed by atoms with Crippen LogP contribution in [0.15, 0.2) is 95.3 Å². The molecule has 13 heteroatoms. The van der Waals surface area contributed by atoms with Crippen molar-refractivity contribution in [1.29, 1.82) is 0 Å². The summed E-state index contributed by atoms with van der Waals surface area (Å²) in [6, 6.07) is 19.6. The van der Waals surface area contributed by atoms with Crippen LogP contribution in [-0.4, -0.2) is 85.4 Å². The molecule has 0 spiro atoms. The molecule has 0 bridgehead atoms. The molecule has 0 aliphatic carbocycles. The second-order valence-corrected chi connectivity index (χ2v) is 11.7. The number of rotatable bonds is 11. The molecule has 4 amide bonds. The quantitative estimate of drug-likeness (QED) is 0.179. The smallest absolute Gasteiger partial charge is 0.336 e. The molecule has 3 heterocycles. The number of benzene rings is 3. The number of nitrogens with zero attached hydrogens (tertiary/aromatic N) is 2. The number of allylic oxidation sites excluding steroid dienone is 1. The van der Waals surface area contributed by atoms with Crippen LogP contribution in [0.25, 0.3) is 0 Å². The summed E-state index contributed by atoms with van der Waals surface area (Å²) in [6.07, 6.45) is 0. The molecule has 12 nitrogen and oxygen atoms in total. The van der Waals surface area contributed by atoms with Crippen LogP contribution in [-0.2, 0) is 23.8 Å². The first-order valence-corrected chi connectivity index (χ1v) is 15.7. The third-order valence-corrected chi connectivity index (χ3v) is 8.84. The Morgan fingerprint density at radius 2 is 1.20 bits per heavy atom. The molecule has 3 aliphatic rings. The van der Waals surface area contributed by atoms with Gasteiger partial charge in [0, 0.05) is 10.7 Å². The summed E-state index contributed by atoms with van der Waals surface area (Å²) >= 11 is 6.62. The Kier molecular flexibility index (Phi) is 9.43. The van der Waals surface area contributed by atoms with E-state index < -0.39 is 41.5 Å². The van der Waals surface area contributed by atoms with Gasteiger partial charge in [-0.15, -0.1) is 0 Å². The molecular formula is C36H30ClN3O9. The first-order valence-electron chi connectivity index (χ1n) is 15.3. The Morgan fingerprint density at radius 3 is 1.71 bits per heavy atom. The second-order valence-electron chi connectivity index (χ2n) is 11.3. The van der Waals surface area contributed by atoms with Crippen LogP contribution in [0.2, 0.25) is 5.02 Å². The highest BCUT2D eigenvalue weighted by Crippen LogP contribution is 2.42. The van der Waals surface area contributed by atoms with Crippen LogP contribution >= 0.6 is 11.6 Å². The standard InChI is InChI=1S/C36H30ClN3O9/c1-20-28(35(45)47-2)29(25-13-7-8-14-26(25)37)30(36(46)49-18-16-40-33(43)23-11-5-6-12-24(23)34(40)44)27(38-20)19-48-17-15-39-31(41)21-9-3-4-10-22(21)32(39)42/h3-14,29,38H,15-19H2,1-2H3. The summed E-state index contributed by atoms with van der Waals surface area (Å²) in [5.74, 6) is -4.47. The normalized spacial score (nSPS) is 17.0. The molecule has 250 valence electrons. The molecule has 1 N–H and O–H groups in total. The molecule has 3 aromatic rings. The molecule has 1 atom stereocenters. The third kappa shape index (κ3) is 6.12. The van der Waals surface area contributed by atoms with Gasteiger partial charge in [0.25, 0.3) is 23.6 Å². The Labute approximate surface area is 285 Å². The first-order chi connectivity index (χ1) is 23.6. The number of dihydropyridines is 1. The zero-order valence-electron chi connectivity index (χ0n) is 26.5. The molecule has 1 unspecified atom stereocenters. The summed E-state index contributed by atoms with van der Waals surface area (Å²) in [6.45, 7) is 0.767. The number of amides is 4. The number of fused-ring (bicyclic) bond motifs is 2. The fourth-order valence-corrected chi connectivity index (χ4v) is 6.42. The monoisotopic (exact) mass is 683 g/mol. The fraction of sp³-hybridized carbons (Fsp3) is 0.222. The van der Waals surface area contributed by atoms with Gasteiger partial charge in [-0.2, -0.15) is 0 Å². The molecule has 0 radical (unpaired) electrons. The molecule has 49 heavy (non-hydrogen) atoms. The predicted octanol–water partition coefficient (Wildman–Crippen LogP) is 3.88. The van der Waals surface area contributed by atoms with Crippen molar-refractivity contribution in [2.45, 2.75) is 12.8 Å². The van der Waals surface area contributed by atoms with Crippen LogP contribution in [0.4, 0.5) is 0 Å². The van der Waals surface area contributed by atoms with Crippen molar-refractivity contribution in [1.82, 2.24) is 15.1 Å². The maximum Gasteiger partial charge on any atom is 0.336 e. The van der Waals surface area contributed by atoms with Crippen molar-refractivity contribution in [2.24, 2.45) is 0 Å². The fourth-order valence-electron chi connectivity index (χ4n) is 6.17.